The average molecular weight is 200 g/mol. The molecular formula is C13H12O2. The van der Waals surface area contributed by atoms with Gasteiger partial charge in [-0.15, -0.1) is 0 Å². The van der Waals surface area contributed by atoms with Gasteiger partial charge in [-0.25, -0.2) is 0 Å². The molecule has 2 aliphatic rings. The monoisotopic (exact) mass is 200 g/mol. The minimum absolute atomic E-state index is 0.0772. The predicted molar refractivity (Wildman–Crippen MR) is 57.6 cm³/mol. The Morgan fingerprint density at radius 3 is 3.00 bits per heavy atom. The van der Waals surface area contributed by atoms with Gasteiger partial charge in [-0.3, -0.25) is 4.79 Å². The van der Waals surface area contributed by atoms with Gasteiger partial charge in [0.15, 0.2) is 5.78 Å². The van der Waals surface area contributed by atoms with Crippen LogP contribution in [0, 0.1) is 11.8 Å². The van der Waals surface area contributed by atoms with Crippen LogP contribution in [0.1, 0.15) is 12.5 Å². The fourth-order valence-electron chi connectivity index (χ4n) is 2.38. The second-order valence-corrected chi connectivity index (χ2v) is 4.20. The maximum absolute atomic E-state index is 11.6. The Morgan fingerprint density at radius 2 is 2.13 bits per heavy atom. The highest BCUT2D eigenvalue weighted by atomic mass is 16.5. The first-order chi connectivity index (χ1) is 7.27. The van der Waals surface area contributed by atoms with Crippen molar-refractivity contribution in [1.82, 2.24) is 0 Å². The summed E-state index contributed by atoms with van der Waals surface area (Å²) >= 11 is 0. The number of benzene rings is 1. The molecule has 1 aromatic rings. The Labute approximate surface area is 88.6 Å². The molecule has 1 aromatic carbocycles. The molecule has 0 N–H and O–H groups in total. The van der Waals surface area contributed by atoms with E-state index in [1.165, 1.54) is 0 Å². The van der Waals surface area contributed by atoms with Crippen molar-refractivity contribution in [1.29, 1.82) is 0 Å². The summed E-state index contributed by atoms with van der Waals surface area (Å²) in [4.78, 5) is 11.6. The lowest BCUT2D eigenvalue weighted by atomic mass is 9.87. The van der Waals surface area contributed by atoms with Gasteiger partial charge in [-0.05, 0) is 17.7 Å². The van der Waals surface area contributed by atoms with Crippen molar-refractivity contribution < 1.29 is 9.53 Å². The molecule has 0 fully saturated rings. The van der Waals surface area contributed by atoms with E-state index >= 15 is 0 Å². The molecular weight excluding hydrogens is 188 g/mol. The molecule has 1 aliphatic carbocycles. The van der Waals surface area contributed by atoms with Crippen molar-refractivity contribution in [3.8, 4) is 5.75 Å². The van der Waals surface area contributed by atoms with Crippen LogP contribution in [0.15, 0.2) is 30.3 Å². The molecule has 3 rings (SSSR count). The summed E-state index contributed by atoms with van der Waals surface area (Å²) in [5.41, 5.74) is 2.25. The van der Waals surface area contributed by atoms with E-state index in [1.807, 2.05) is 31.2 Å². The quantitative estimate of drug-likeness (QED) is 0.642. The van der Waals surface area contributed by atoms with Gasteiger partial charge in [0, 0.05) is 17.4 Å². The minimum atomic E-state index is 0.0772. The van der Waals surface area contributed by atoms with E-state index in [0.29, 0.717) is 6.61 Å². The lowest BCUT2D eigenvalue weighted by Crippen LogP contribution is -2.24. The lowest BCUT2D eigenvalue weighted by Gasteiger charge is -2.26. The number of hydrogen-bond donors (Lipinski definition) is 0. The molecule has 15 heavy (non-hydrogen) atoms. The molecule has 0 saturated heterocycles. The van der Waals surface area contributed by atoms with Gasteiger partial charge >= 0.3 is 0 Å². The van der Waals surface area contributed by atoms with E-state index in [1.54, 1.807) is 6.08 Å². The Bertz CT molecular complexity index is 459. The van der Waals surface area contributed by atoms with Crippen molar-refractivity contribution in [2.45, 2.75) is 6.92 Å². The molecule has 0 radical (unpaired) electrons. The maximum atomic E-state index is 11.6. The molecule has 0 bridgehead atoms. The molecule has 1 heterocycles. The van der Waals surface area contributed by atoms with Gasteiger partial charge in [0.2, 0.25) is 0 Å². The normalized spacial score (nSPS) is 27.8. The van der Waals surface area contributed by atoms with Crippen LogP contribution in [0.5, 0.6) is 5.75 Å². The zero-order valence-electron chi connectivity index (χ0n) is 8.57. The number of hydrogen-bond acceptors (Lipinski definition) is 2. The molecule has 0 amide bonds. The standard InChI is InChI=1S/C13H12O2/c1-8-11-7-15-13-5-3-2-4-9(13)10(11)6-12(8)14/h2-6,8,11H,7H2,1H3/t8-,11-/m0/s1. The summed E-state index contributed by atoms with van der Waals surface area (Å²) in [6.07, 6.45) is 1.79. The third-order valence-corrected chi connectivity index (χ3v) is 3.37. The topological polar surface area (TPSA) is 26.3 Å². The highest BCUT2D eigenvalue weighted by molar-refractivity contribution is 6.05. The first-order valence-corrected chi connectivity index (χ1v) is 5.25. The van der Waals surface area contributed by atoms with Crippen molar-refractivity contribution in [3.05, 3.63) is 35.9 Å². The minimum Gasteiger partial charge on any atom is -0.492 e. The summed E-state index contributed by atoms with van der Waals surface area (Å²) in [7, 11) is 0. The number of carbonyl (C=O) groups is 1. The SMILES string of the molecule is C[C@@H]1C(=O)C=C2c3ccccc3OC[C@H]21. The Balaban J connectivity index is 2.15. The van der Waals surface area contributed by atoms with Gasteiger partial charge in [0.1, 0.15) is 5.75 Å². The Hall–Kier alpha value is -1.57. The number of fused-ring (bicyclic) bond motifs is 3. The van der Waals surface area contributed by atoms with Crippen LogP contribution in [0.3, 0.4) is 0 Å². The van der Waals surface area contributed by atoms with E-state index in [4.69, 9.17) is 4.74 Å². The second-order valence-electron chi connectivity index (χ2n) is 4.20. The summed E-state index contributed by atoms with van der Waals surface area (Å²) in [5.74, 6) is 1.47. The fourth-order valence-corrected chi connectivity index (χ4v) is 2.38. The van der Waals surface area contributed by atoms with E-state index in [-0.39, 0.29) is 17.6 Å². The van der Waals surface area contributed by atoms with Crippen LogP contribution in [0.4, 0.5) is 0 Å². The number of para-hydroxylation sites is 1. The van der Waals surface area contributed by atoms with Crippen LogP contribution in [0.2, 0.25) is 0 Å². The average Bonchev–Trinajstić information content (AvgIpc) is 2.56. The zero-order valence-corrected chi connectivity index (χ0v) is 8.57. The van der Waals surface area contributed by atoms with Crippen molar-refractivity contribution in [2.24, 2.45) is 11.8 Å². The van der Waals surface area contributed by atoms with Gasteiger partial charge < -0.3 is 4.74 Å². The van der Waals surface area contributed by atoms with Crippen molar-refractivity contribution in [3.63, 3.8) is 0 Å². The fraction of sp³-hybridized carbons (Fsp3) is 0.308. The highest BCUT2D eigenvalue weighted by Gasteiger charge is 2.37. The predicted octanol–water partition coefficient (Wildman–Crippen LogP) is 2.30. The largest absolute Gasteiger partial charge is 0.492 e. The molecule has 1 aliphatic heterocycles. The highest BCUT2D eigenvalue weighted by Crippen LogP contribution is 2.43. The third kappa shape index (κ3) is 1.14. The molecule has 76 valence electrons. The van der Waals surface area contributed by atoms with E-state index < -0.39 is 0 Å². The van der Waals surface area contributed by atoms with E-state index in [0.717, 1.165) is 16.9 Å². The van der Waals surface area contributed by atoms with Crippen LogP contribution in [0.25, 0.3) is 5.57 Å². The number of rotatable bonds is 0. The first-order valence-electron chi connectivity index (χ1n) is 5.25. The van der Waals surface area contributed by atoms with Gasteiger partial charge in [0.05, 0.1) is 6.61 Å². The summed E-state index contributed by atoms with van der Waals surface area (Å²) in [5, 5.41) is 0. The van der Waals surface area contributed by atoms with Gasteiger partial charge in [0.25, 0.3) is 0 Å². The number of carbonyl (C=O) groups excluding carboxylic acids is 1. The number of allylic oxidation sites excluding steroid dienone is 1. The Kier molecular flexibility index (Phi) is 1.72. The van der Waals surface area contributed by atoms with Crippen molar-refractivity contribution in [2.75, 3.05) is 6.61 Å². The maximum Gasteiger partial charge on any atom is 0.159 e. The molecule has 0 spiro atoms. The molecule has 0 aromatic heterocycles. The summed E-state index contributed by atoms with van der Waals surface area (Å²) in [6, 6.07) is 7.93. The first kappa shape index (κ1) is 8.72. The van der Waals surface area contributed by atoms with Crippen molar-refractivity contribution >= 4 is 11.4 Å². The Morgan fingerprint density at radius 1 is 1.33 bits per heavy atom. The van der Waals surface area contributed by atoms with Gasteiger partial charge in [-0.1, -0.05) is 25.1 Å². The zero-order chi connectivity index (χ0) is 10.4. The van der Waals surface area contributed by atoms with Gasteiger partial charge in [-0.2, -0.15) is 0 Å². The van der Waals surface area contributed by atoms with Crippen LogP contribution in [-0.2, 0) is 4.79 Å². The molecule has 2 heteroatoms. The molecule has 2 nitrogen and oxygen atoms in total. The smallest absolute Gasteiger partial charge is 0.159 e. The number of ether oxygens (including phenoxy) is 1. The van der Waals surface area contributed by atoms with Crippen LogP contribution >= 0.6 is 0 Å². The summed E-state index contributed by atoms with van der Waals surface area (Å²) in [6.45, 7) is 2.61. The lowest BCUT2D eigenvalue weighted by molar-refractivity contribution is -0.118. The van der Waals surface area contributed by atoms with E-state index in [2.05, 4.69) is 0 Å². The molecule has 2 atom stereocenters. The third-order valence-electron chi connectivity index (χ3n) is 3.37. The number of ketones is 1. The van der Waals surface area contributed by atoms with E-state index in [9.17, 15) is 4.79 Å². The molecule has 0 saturated carbocycles. The molecule has 0 unspecified atom stereocenters. The second kappa shape index (κ2) is 2.96. The summed E-state index contributed by atoms with van der Waals surface area (Å²) < 4.78 is 5.66. The van der Waals surface area contributed by atoms with Crippen LogP contribution < -0.4 is 4.74 Å². The van der Waals surface area contributed by atoms with Crippen LogP contribution in [-0.4, -0.2) is 12.4 Å².